The van der Waals surface area contributed by atoms with E-state index in [9.17, 15) is 4.79 Å². The maximum absolute atomic E-state index is 12.6. The van der Waals surface area contributed by atoms with E-state index < -0.39 is 0 Å². The Labute approximate surface area is 146 Å². The van der Waals surface area contributed by atoms with Crippen molar-refractivity contribution in [2.45, 2.75) is 65.8 Å². The van der Waals surface area contributed by atoms with Crippen LogP contribution in [0.3, 0.4) is 0 Å². The fourth-order valence-electron chi connectivity index (χ4n) is 3.06. The van der Waals surface area contributed by atoms with Gasteiger partial charge in [-0.1, -0.05) is 41.5 Å². The Morgan fingerprint density at radius 1 is 1.25 bits per heavy atom. The molecule has 134 valence electrons. The summed E-state index contributed by atoms with van der Waals surface area (Å²) in [5.41, 5.74) is -0.407. The molecule has 0 aromatic carbocycles. The molecule has 2 rings (SSSR count). The Morgan fingerprint density at radius 3 is 2.50 bits per heavy atom. The molecule has 1 amide bonds. The molecule has 2 heterocycles. The van der Waals surface area contributed by atoms with Gasteiger partial charge in [0.1, 0.15) is 11.6 Å². The molecule has 1 unspecified atom stereocenters. The molecule has 5 nitrogen and oxygen atoms in total. The first kappa shape index (κ1) is 18.7. The standard InChI is InChI=1S/C19H32N4O/c1-18(2,3)16-20-11-10-15(21-16)23-12-8-9-14(13-23)22(7)17(24)19(4,5)6/h10-11,14H,8-9,12-13H2,1-7H3. The number of likely N-dealkylation sites (N-methyl/N-ethyl adjacent to an activating group) is 1. The highest BCUT2D eigenvalue weighted by atomic mass is 16.2. The van der Waals surface area contributed by atoms with Crippen molar-refractivity contribution in [2.75, 3.05) is 25.0 Å². The summed E-state index contributed by atoms with van der Waals surface area (Å²) in [5.74, 6) is 2.03. The van der Waals surface area contributed by atoms with Crippen molar-refractivity contribution in [3.63, 3.8) is 0 Å². The van der Waals surface area contributed by atoms with Crippen molar-refractivity contribution in [3.05, 3.63) is 18.1 Å². The Morgan fingerprint density at radius 2 is 1.92 bits per heavy atom. The number of aromatic nitrogens is 2. The number of hydrogen-bond donors (Lipinski definition) is 0. The molecule has 1 aliphatic rings. The molecule has 0 N–H and O–H groups in total. The van der Waals surface area contributed by atoms with E-state index in [0.717, 1.165) is 37.6 Å². The Bertz CT molecular complexity index is 586. The fraction of sp³-hybridized carbons (Fsp3) is 0.737. The zero-order valence-electron chi connectivity index (χ0n) is 16.3. The largest absolute Gasteiger partial charge is 0.354 e. The van der Waals surface area contributed by atoms with E-state index in [1.54, 1.807) is 0 Å². The van der Waals surface area contributed by atoms with Crippen molar-refractivity contribution in [1.82, 2.24) is 14.9 Å². The number of nitrogens with zero attached hydrogens (tertiary/aromatic N) is 4. The molecule has 1 atom stereocenters. The van der Waals surface area contributed by atoms with Crippen LogP contribution in [-0.4, -0.2) is 47.0 Å². The Balaban J connectivity index is 2.15. The molecule has 0 spiro atoms. The second-order valence-electron chi connectivity index (χ2n) is 8.90. The van der Waals surface area contributed by atoms with Gasteiger partial charge in [-0.05, 0) is 18.9 Å². The molecule has 24 heavy (non-hydrogen) atoms. The minimum atomic E-state index is -0.342. The topological polar surface area (TPSA) is 49.3 Å². The number of rotatable bonds is 2. The van der Waals surface area contributed by atoms with Gasteiger partial charge in [0.15, 0.2) is 0 Å². The minimum Gasteiger partial charge on any atom is -0.354 e. The van der Waals surface area contributed by atoms with E-state index in [1.807, 2.05) is 45.0 Å². The number of hydrogen-bond acceptors (Lipinski definition) is 4. The number of carbonyl (C=O) groups excluding carboxylic acids is 1. The van der Waals surface area contributed by atoms with E-state index in [-0.39, 0.29) is 22.8 Å². The summed E-state index contributed by atoms with van der Waals surface area (Å²) < 4.78 is 0. The lowest BCUT2D eigenvalue weighted by molar-refractivity contribution is -0.140. The molecule has 1 aliphatic heterocycles. The molecular weight excluding hydrogens is 300 g/mol. The van der Waals surface area contributed by atoms with Gasteiger partial charge in [-0.2, -0.15) is 0 Å². The smallest absolute Gasteiger partial charge is 0.227 e. The summed E-state index contributed by atoms with van der Waals surface area (Å²) >= 11 is 0. The molecule has 0 radical (unpaired) electrons. The van der Waals surface area contributed by atoms with Crippen LogP contribution in [0.5, 0.6) is 0 Å². The lowest BCUT2D eigenvalue weighted by Crippen LogP contribution is -2.51. The zero-order chi connectivity index (χ0) is 18.1. The van der Waals surface area contributed by atoms with Gasteiger partial charge in [-0.3, -0.25) is 4.79 Å². The van der Waals surface area contributed by atoms with Gasteiger partial charge in [0.2, 0.25) is 5.91 Å². The molecule has 1 aromatic heterocycles. The van der Waals surface area contributed by atoms with Gasteiger partial charge in [0.25, 0.3) is 0 Å². The average molecular weight is 332 g/mol. The van der Waals surface area contributed by atoms with Crippen LogP contribution in [0.25, 0.3) is 0 Å². The molecule has 1 aromatic rings. The maximum atomic E-state index is 12.6. The summed E-state index contributed by atoms with van der Waals surface area (Å²) in [6.07, 6.45) is 3.96. The third-order valence-electron chi connectivity index (χ3n) is 4.54. The number of anilines is 1. The summed E-state index contributed by atoms with van der Waals surface area (Å²) in [4.78, 5) is 26.0. The SMILES string of the molecule is CN(C(=O)C(C)(C)C)C1CCCN(c2ccnc(C(C)(C)C)n2)C1. The monoisotopic (exact) mass is 332 g/mol. The predicted octanol–water partition coefficient (Wildman–Crippen LogP) is 3.25. The molecule has 1 saturated heterocycles. The highest BCUT2D eigenvalue weighted by Crippen LogP contribution is 2.26. The van der Waals surface area contributed by atoms with Gasteiger partial charge < -0.3 is 9.80 Å². The van der Waals surface area contributed by atoms with Crippen LogP contribution >= 0.6 is 0 Å². The van der Waals surface area contributed by atoms with E-state index in [0.29, 0.717) is 0 Å². The van der Waals surface area contributed by atoms with Crippen LogP contribution in [0.2, 0.25) is 0 Å². The highest BCUT2D eigenvalue weighted by Gasteiger charge is 2.32. The number of carbonyl (C=O) groups is 1. The second kappa shape index (κ2) is 6.69. The van der Waals surface area contributed by atoms with Crippen molar-refractivity contribution >= 4 is 11.7 Å². The van der Waals surface area contributed by atoms with Gasteiger partial charge in [0, 0.05) is 43.2 Å². The van der Waals surface area contributed by atoms with Crippen LogP contribution in [0.4, 0.5) is 5.82 Å². The lowest BCUT2D eigenvalue weighted by Gasteiger charge is -2.40. The van der Waals surface area contributed by atoms with Crippen LogP contribution in [0, 0.1) is 5.41 Å². The van der Waals surface area contributed by atoms with Crippen molar-refractivity contribution in [1.29, 1.82) is 0 Å². The Kier molecular flexibility index (Phi) is 5.21. The quantitative estimate of drug-likeness (QED) is 0.834. The molecular formula is C19H32N4O. The van der Waals surface area contributed by atoms with Crippen molar-refractivity contribution in [3.8, 4) is 0 Å². The van der Waals surface area contributed by atoms with E-state index in [4.69, 9.17) is 4.98 Å². The summed E-state index contributed by atoms with van der Waals surface area (Å²) in [6, 6.07) is 2.21. The summed E-state index contributed by atoms with van der Waals surface area (Å²) in [7, 11) is 1.93. The summed E-state index contributed by atoms with van der Waals surface area (Å²) in [6.45, 7) is 14.1. The third-order valence-corrected chi connectivity index (χ3v) is 4.54. The van der Waals surface area contributed by atoms with E-state index in [2.05, 4.69) is 30.7 Å². The molecule has 0 bridgehead atoms. The van der Waals surface area contributed by atoms with Crippen molar-refractivity contribution in [2.24, 2.45) is 5.41 Å². The summed E-state index contributed by atoms with van der Waals surface area (Å²) in [5, 5.41) is 0. The molecule has 0 saturated carbocycles. The number of amides is 1. The van der Waals surface area contributed by atoms with Gasteiger partial charge in [-0.15, -0.1) is 0 Å². The van der Waals surface area contributed by atoms with Crippen LogP contribution in [0.15, 0.2) is 12.3 Å². The molecule has 0 aliphatic carbocycles. The highest BCUT2D eigenvalue weighted by molar-refractivity contribution is 5.81. The lowest BCUT2D eigenvalue weighted by atomic mass is 9.93. The first-order valence-corrected chi connectivity index (χ1v) is 8.86. The maximum Gasteiger partial charge on any atom is 0.227 e. The first-order chi connectivity index (χ1) is 11.0. The van der Waals surface area contributed by atoms with Gasteiger partial charge >= 0.3 is 0 Å². The first-order valence-electron chi connectivity index (χ1n) is 8.86. The molecule has 5 heteroatoms. The fourth-order valence-corrected chi connectivity index (χ4v) is 3.06. The zero-order valence-corrected chi connectivity index (χ0v) is 16.3. The normalized spacial score (nSPS) is 19.3. The third kappa shape index (κ3) is 4.25. The van der Waals surface area contributed by atoms with Crippen LogP contribution in [0.1, 0.15) is 60.2 Å². The van der Waals surface area contributed by atoms with Crippen LogP contribution in [-0.2, 0) is 10.2 Å². The second-order valence-corrected chi connectivity index (χ2v) is 8.90. The van der Waals surface area contributed by atoms with Gasteiger partial charge in [-0.25, -0.2) is 9.97 Å². The minimum absolute atomic E-state index is 0.0653. The Hall–Kier alpha value is -1.65. The molecule has 1 fully saturated rings. The van der Waals surface area contributed by atoms with E-state index in [1.165, 1.54) is 0 Å². The predicted molar refractivity (Wildman–Crippen MR) is 98.2 cm³/mol. The van der Waals surface area contributed by atoms with Crippen LogP contribution < -0.4 is 4.90 Å². The van der Waals surface area contributed by atoms with E-state index >= 15 is 0 Å². The number of piperidine rings is 1. The van der Waals surface area contributed by atoms with Gasteiger partial charge in [0.05, 0.1) is 0 Å². The average Bonchev–Trinajstić information content (AvgIpc) is 2.52. The van der Waals surface area contributed by atoms with Crippen molar-refractivity contribution < 1.29 is 4.79 Å².